The van der Waals surface area contributed by atoms with Gasteiger partial charge in [-0.25, -0.2) is 4.79 Å². The van der Waals surface area contributed by atoms with Crippen LogP contribution < -0.4 is 0 Å². The SMILES string of the molecule is C=CC(=O)OC1C2OCC(CC1(Cc1ccccc1)Cc1ccccc1)O2. The van der Waals surface area contributed by atoms with E-state index in [0.717, 1.165) is 19.3 Å². The summed E-state index contributed by atoms with van der Waals surface area (Å²) in [6, 6.07) is 20.7. The fraction of sp³-hybridized carbons (Fsp3) is 0.348. The van der Waals surface area contributed by atoms with Gasteiger partial charge in [-0.3, -0.25) is 0 Å². The summed E-state index contributed by atoms with van der Waals surface area (Å²) in [5.74, 6) is -0.442. The van der Waals surface area contributed by atoms with Crippen LogP contribution in [0.3, 0.4) is 0 Å². The first kappa shape index (κ1) is 18.0. The highest BCUT2D eigenvalue weighted by Crippen LogP contribution is 2.47. The molecule has 3 atom stereocenters. The Balaban J connectivity index is 1.73. The molecule has 0 N–H and O–H groups in total. The van der Waals surface area contributed by atoms with Gasteiger partial charge in [0.25, 0.3) is 0 Å². The van der Waals surface area contributed by atoms with Gasteiger partial charge in [0, 0.05) is 11.5 Å². The molecule has 3 unspecified atom stereocenters. The van der Waals surface area contributed by atoms with E-state index in [0.29, 0.717) is 6.61 Å². The van der Waals surface area contributed by atoms with E-state index in [1.807, 2.05) is 36.4 Å². The molecule has 2 aliphatic rings. The molecule has 2 heterocycles. The number of rotatable bonds is 6. The molecular formula is C23H24O4. The first-order valence-corrected chi connectivity index (χ1v) is 9.36. The van der Waals surface area contributed by atoms with Gasteiger partial charge in [-0.15, -0.1) is 0 Å². The van der Waals surface area contributed by atoms with E-state index >= 15 is 0 Å². The molecule has 4 rings (SSSR count). The van der Waals surface area contributed by atoms with Crippen LogP contribution in [0.2, 0.25) is 0 Å². The van der Waals surface area contributed by atoms with Crippen LogP contribution in [0.25, 0.3) is 0 Å². The second-order valence-electron chi connectivity index (χ2n) is 7.41. The van der Waals surface area contributed by atoms with Crippen molar-refractivity contribution in [2.75, 3.05) is 6.61 Å². The largest absolute Gasteiger partial charge is 0.453 e. The average molecular weight is 364 g/mol. The van der Waals surface area contributed by atoms with Crippen LogP contribution in [0.15, 0.2) is 73.3 Å². The Labute approximate surface area is 159 Å². The standard InChI is InChI=1S/C23H24O4/c1-2-20(24)27-21-22-25-16-19(26-22)15-23(21,13-17-9-5-3-6-10-17)14-18-11-7-4-8-12-18/h2-12,19,21-22H,1,13-16H2. The summed E-state index contributed by atoms with van der Waals surface area (Å²) in [5, 5.41) is 0. The Morgan fingerprint density at radius 3 is 2.22 bits per heavy atom. The summed E-state index contributed by atoms with van der Waals surface area (Å²) in [5.41, 5.74) is 2.13. The van der Waals surface area contributed by atoms with E-state index in [-0.39, 0.29) is 11.5 Å². The number of hydrogen-bond acceptors (Lipinski definition) is 4. The molecule has 2 aromatic rings. The van der Waals surface area contributed by atoms with Gasteiger partial charge in [-0.1, -0.05) is 67.2 Å². The molecule has 2 fully saturated rings. The summed E-state index contributed by atoms with van der Waals surface area (Å²) < 4.78 is 17.6. The van der Waals surface area contributed by atoms with Crippen molar-refractivity contribution in [1.29, 1.82) is 0 Å². The van der Waals surface area contributed by atoms with Crippen LogP contribution in [-0.4, -0.2) is 31.1 Å². The number of esters is 1. The molecule has 0 saturated carbocycles. The lowest BCUT2D eigenvalue weighted by molar-refractivity contribution is -0.221. The van der Waals surface area contributed by atoms with Crippen molar-refractivity contribution in [3.63, 3.8) is 0 Å². The molecule has 0 aliphatic carbocycles. The van der Waals surface area contributed by atoms with Gasteiger partial charge < -0.3 is 14.2 Å². The molecule has 2 saturated heterocycles. The predicted molar refractivity (Wildman–Crippen MR) is 102 cm³/mol. The molecular weight excluding hydrogens is 340 g/mol. The van der Waals surface area contributed by atoms with Gasteiger partial charge in [0.1, 0.15) is 0 Å². The Kier molecular flexibility index (Phi) is 5.10. The smallest absolute Gasteiger partial charge is 0.330 e. The number of ether oxygens (including phenoxy) is 3. The van der Waals surface area contributed by atoms with Crippen LogP contribution in [0.5, 0.6) is 0 Å². The molecule has 140 valence electrons. The monoisotopic (exact) mass is 364 g/mol. The maximum Gasteiger partial charge on any atom is 0.330 e. The summed E-state index contributed by atoms with van der Waals surface area (Å²) in [6.07, 6.45) is 2.58. The number of carbonyl (C=O) groups excluding carboxylic acids is 1. The van der Waals surface area contributed by atoms with Crippen LogP contribution in [0, 0.1) is 5.41 Å². The summed E-state index contributed by atoms with van der Waals surface area (Å²) >= 11 is 0. The lowest BCUT2D eigenvalue weighted by atomic mass is 9.67. The highest BCUT2D eigenvalue weighted by molar-refractivity contribution is 5.81. The summed E-state index contributed by atoms with van der Waals surface area (Å²) in [6.45, 7) is 4.09. The van der Waals surface area contributed by atoms with Gasteiger partial charge in [-0.2, -0.15) is 0 Å². The van der Waals surface area contributed by atoms with Crippen LogP contribution in [0.4, 0.5) is 0 Å². The van der Waals surface area contributed by atoms with Gasteiger partial charge in [-0.05, 0) is 30.4 Å². The minimum atomic E-state index is -0.528. The van der Waals surface area contributed by atoms with E-state index in [2.05, 4.69) is 30.8 Å². The minimum Gasteiger partial charge on any atom is -0.453 e. The van der Waals surface area contributed by atoms with E-state index < -0.39 is 18.4 Å². The molecule has 2 bridgehead atoms. The lowest BCUT2D eigenvalue weighted by Crippen LogP contribution is -2.53. The van der Waals surface area contributed by atoms with Crippen molar-refractivity contribution < 1.29 is 19.0 Å². The second-order valence-corrected chi connectivity index (χ2v) is 7.41. The lowest BCUT2D eigenvalue weighted by Gasteiger charge is -2.45. The Bertz CT molecular complexity index is 745. The van der Waals surface area contributed by atoms with Crippen LogP contribution >= 0.6 is 0 Å². The second kappa shape index (κ2) is 7.67. The quantitative estimate of drug-likeness (QED) is 0.579. The zero-order valence-electron chi connectivity index (χ0n) is 15.3. The summed E-state index contributed by atoms with van der Waals surface area (Å²) in [7, 11) is 0. The van der Waals surface area contributed by atoms with E-state index in [9.17, 15) is 4.79 Å². The minimum absolute atomic E-state index is 0.0288. The Morgan fingerprint density at radius 2 is 1.67 bits per heavy atom. The fourth-order valence-corrected chi connectivity index (χ4v) is 4.36. The first-order valence-electron chi connectivity index (χ1n) is 9.36. The van der Waals surface area contributed by atoms with Gasteiger partial charge in [0.15, 0.2) is 12.4 Å². The summed E-state index contributed by atoms with van der Waals surface area (Å²) in [4.78, 5) is 12.1. The van der Waals surface area contributed by atoms with E-state index in [1.165, 1.54) is 17.2 Å². The Morgan fingerprint density at radius 1 is 1.07 bits per heavy atom. The molecule has 0 amide bonds. The van der Waals surface area contributed by atoms with Crippen LogP contribution in [0.1, 0.15) is 17.5 Å². The normalized spacial score (nSPS) is 25.7. The topological polar surface area (TPSA) is 44.8 Å². The third-order valence-electron chi connectivity index (χ3n) is 5.47. The van der Waals surface area contributed by atoms with Crippen molar-refractivity contribution in [2.45, 2.75) is 37.8 Å². The van der Waals surface area contributed by atoms with Crippen molar-refractivity contribution in [3.8, 4) is 0 Å². The van der Waals surface area contributed by atoms with Crippen molar-refractivity contribution in [2.24, 2.45) is 5.41 Å². The number of benzene rings is 2. The molecule has 2 aliphatic heterocycles. The molecule has 27 heavy (non-hydrogen) atoms. The van der Waals surface area contributed by atoms with Gasteiger partial charge in [0.05, 0.1) is 12.7 Å². The molecule has 4 nitrogen and oxygen atoms in total. The Hall–Kier alpha value is -2.43. The number of hydrogen-bond donors (Lipinski definition) is 0. The maximum absolute atomic E-state index is 12.1. The fourth-order valence-electron chi connectivity index (χ4n) is 4.36. The van der Waals surface area contributed by atoms with Crippen molar-refractivity contribution in [3.05, 3.63) is 84.4 Å². The molecule has 4 heteroatoms. The molecule has 0 radical (unpaired) electrons. The molecule has 0 spiro atoms. The molecule has 2 aromatic carbocycles. The van der Waals surface area contributed by atoms with Gasteiger partial charge in [0.2, 0.25) is 0 Å². The van der Waals surface area contributed by atoms with E-state index in [1.54, 1.807) is 0 Å². The van der Waals surface area contributed by atoms with E-state index in [4.69, 9.17) is 14.2 Å². The third kappa shape index (κ3) is 3.82. The number of fused-ring (bicyclic) bond motifs is 2. The zero-order valence-corrected chi connectivity index (χ0v) is 15.3. The zero-order chi connectivity index (χ0) is 18.7. The number of carbonyl (C=O) groups is 1. The predicted octanol–water partition coefficient (Wildman–Crippen LogP) is 3.70. The third-order valence-corrected chi connectivity index (χ3v) is 5.47. The highest BCUT2D eigenvalue weighted by atomic mass is 16.7. The maximum atomic E-state index is 12.1. The van der Waals surface area contributed by atoms with Gasteiger partial charge >= 0.3 is 5.97 Å². The van der Waals surface area contributed by atoms with Crippen molar-refractivity contribution in [1.82, 2.24) is 0 Å². The van der Waals surface area contributed by atoms with Crippen molar-refractivity contribution >= 4 is 5.97 Å². The highest BCUT2D eigenvalue weighted by Gasteiger charge is 2.55. The first-order chi connectivity index (χ1) is 13.2. The molecule has 0 aromatic heterocycles. The average Bonchev–Trinajstić information content (AvgIpc) is 3.09. The van der Waals surface area contributed by atoms with Crippen LogP contribution in [-0.2, 0) is 31.8 Å².